The van der Waals surface area contributed by atoms with E-state index in [2.05, 4.69) is 21.7 Å². The number of nitrogens with one attached hydrogen (secondary N) is 2. The van der Waals surface area contributed by atoms with Crippen LogP contribution in [0.4, 0.5) is 15.8 Å². The molecular weight excluding hydrogens is 329 g/mol. The number of rotatable bonds is 5. The van der Waals surface area contributed by atoms with Gasteiger partial charge >= 0.3 is 0 Å². The summed E-state index contributed by atoms with van der Waals surface area (Å²) in [4.78, 5) is 16.5. The molecule has 2 N–H and O–H groups in total. The summed E-state index contributed by atoms with van der Waals surface area (Å²) >= 11 is 0. The maximum Gasteiger partial charge on any atom is 0.253 e. The third-order valence-electron chi connectivity index (χ3n) is 3.91. The average molecular weight is 349 g/mol. The van der Waals surface area contributed by atoms with Crippen molar-refractivity contribution in [2.75, 3.05) is 5.32 Å². The second-order valence-corrected chi connectivity index (χ2v) is 6.24. The third-order valence-corrected chi connectivity index (χ3v) is 3.91. The molecule has 1 aromatic heterocycles. The van der Waals surface area contributed by atoms with Crippen LogP contribution in [0.25, 0.3) is 0 Å². The van der Waals surface area contributed by atoms with Crippen LogP contribution in [0.5, 0.6) is 0 Å². The molecule has 0 spiro atoms. The van der Waals surface area contributed by atoms with E-state index in [9.17, 15) is 9.18 Å². The SMILES string of the molecule is Cc1cc(C)cc(Nc2cncc(C(=O)NCc3ccccc3F)c2)c1. The van der Waals surface area contributed by atoms with Crippen molar-refractivity contribution in [2.24, 2.45) is 0 Å². The van der Waals surface area contributed by atoms with E-state index in [1.54, 1.807) is 30.5 Å². The molecule has 5 heteroatoms. The summed E-state index contributed by atoms with van der Waals surface area (Å²) in [7, 11) is 0. The first kappa shape index (κ1) is 17.6. The van der Waals surface area contributed by atoms with Crippen LogP contribution in [0.3, 0.4) is 0 Å². The zero-order valence-corrected chi connectivity index (χ0v) is 14.7. The van der Waals surface area contributed by atoms with E-state index >= 15 is 0 Å². The van der Waals surface area contributed by atoms with Gasteiger partial charge in [-0.1, -0.05) is 24.3 Å². The molecule has 0 aliphatic heterocycles. The molecule has 0 fully saturated rings. The highest BCUT2D eigenvalue weighted by atomic mass is 19.1. The fourth-order valence-electron chi connectivity index (χ4n) is 2.77. The molecule has 0 bridgehead atoms. The van der Waals surface area contributed by atoms with Gasteiger partial charge in [-0.2, -0.15) is 0 Å². The van der Waals surface area contributed by atoms with Crippen molar-refractivity contribution in [3.8, 4) is 0 Å². The number of aryl methyl sites for hydroxylation is 2. The van der Waals surface area contributed by atoms with Crippen molar-refractivity contribution >= 4 is 17.3 Å². The van der Waals surface area contributed by atoms with Crippen LogP contribution in [0, 0.1) is 19.7 Å². The second kappa shape index (κ2) is 7.78. The lowest BCUT2D eigenvalue weighted by Crippen LogP contribution is -2.23. The van der Waals surface area contributed by atoms with Gasteiger partial charge in [0, 0.05) is 24.0 Å². The van der Waals surface area contributed by atoms with E-state index in [4.69, 9.17) is 0 Å². The zero-order valence-electron chi connectivity index (χ0n) is 14.7. The highest BCUT2D eigenvalue weighted by Gasteiger charge is 2.09. The molecule has 3 aromatic rings. The van der Waals surface area contributed by atoms with E-state index < -0.39 is 0 Å². The van der Waals surface area contributed by atoms with Crippen molar-refractivity contribution in [2.45, 2.75) is 20.4 Å². The van der Waals surface area contributed by atoms with Crippen molar-refractivity contribution in [3.05, 3.63) is 89.0 Å². The number of pyridine rings is 1. The predicted molar refractivity (Wildman–Crippen MR) is 101 cm³/mol. The standard InChI is InChI=1S/C21H20FN3O/c1-14-7-15(2)9-18(8-14)25-19-10-17(11-23-13-19)21(26)24-12-16-5-3-4-6-20(16)22/h3-11,13,25H,12H2,1-2H3,(H,24,26). The first-order chi connectivity index (χ1) is 12.5. The minimum Gasteiger partial charge on any atom is -0.354 e. The molecule has 26 heavy (non-hydrogen) atoms. The monoisotopic (exact) mass is 349 g/mol. The van der Waals surface area contributed by atoms with Gasteiger partial charge in [0.1, 0.15) is 5.82 Å². The Hall–Kier alpha value is -3.21. The zero-order chi connectivity index (χ0) is 18.5. The third kappa shape index (κ3) is 4.45. The summed E-state index contributed by atoms with van der Waals surface area (Å²) in [5.74, 6) is -0.638. The Bertz CT molecular complexity index is 920. The van der Waals surface area contributed by atoms with Gasteiger partial charge in [-0.15, -0.1) is 0 Å². The summed E-state index contributed by atoms with van der Waals surface area (Å²) in [6.07, 6.45) is 3.15. The fourth-order valence-corrected chi connectivity index (χ4v) is 2.77. The van der Waals surface area contributed by atoms with Gasteiger partial charge in [-0.05, 0) is 49.2 Å². The van der Waals surface area contributed by atoms with E-state index in [0.717, 1.165) is 16.8 Å². The second-order valence-electron chi connectivity index (χ2n) is 6.24. The maximum absolute atomic E-state index is 13.6. The molecule has 132 valence electrons. The van der Waals surface area contributed by atoms with Crippen LogP contribution in [-0.4, -0.2) is 10.9 Å². The first-order valence-corrected chi connectivity index (χ1v) is 8.33. The molecule has 1 heterocycles. The number of carbonyl (C=O) groups is 1. The number of hydrogen-bond acceptors (Lipinski definition) is 3. The van der Waals surface area contributed by atoms with Gasteiger partial charge in [0.25, 0.3) is 5.91 Å². The Kier molecular flexibility index (Phi) is 5.27. The van der Waals surface area contributed by atoms with Crippen LogP contribution >= 0.6 is 0 Å². The molecule has 0 aliphatic carbocycles. The molecule has 4 nitrogen and oxygen atoms in total. The molecule has 0 aliphatic rings. The number of amides is 1. The first-order valence-electron chi connectivity index (χ1n) is 8.33. The number of carbonyl (C=O) groups excluding carboxylic acids is 1. The van der Waals surface area contributed by atoms with Crippen LogP contribution in [0.2, 0.25) is 0 Å². The van der Waals surface area contributed by atoms with Crippen molar-refractivity contribution < 1.29 is 9.18 Å². The van der Waals surface area contributed by atoms with Crippen LogP contribution in [0.1, 0.15) is 27.0 Å². The number of hydrogen-bond donors (Lipinski definition) is 2. The minimum atomic E-state index is -0.337. The highest BCUT2D eigenvalue weighted by molar-refractivity contribution is 5.94. The van der Waals surface area contributed by atoms with Crippen molar-refractivity contribution in [1.82, 2.24) is 10.3 Å². The molecule has 2 aromatic carbocycles. The van der Waals surface area contributed by atoms with Crippen LogP contribution in [0.15, 0.2) is 60.9 Å². The number of benzene rings is 2. The minimum absolute atomic E-state index is 0.125. The number of nitrogens with zero attached hydrogens (tertiary/aromatic N) is 1. The lowest BCUT2D eigenvalue weighted by molar-refractivity contribution is 0.0950. The fraction of sp³-hybridized carbons (Fsp3) is 0.143. The Morgan fingerprint density at radius 1 is 1.00 bits per heavy atom. The lowest BCUT2D eigenvalue weighted by atomic mass is 10.1. The van der Waals surface area contributed by atoms with Gasteiger partial charge in [0.05, 0.1) is 17.4 Å². The van der Waals surface area contributed by atoms with Gasteiger partial charge in [0.15, 0.2) is 0 Å². The Morgan fingerprint density at radius 3 is 2.46 bits per heavy atom. The largest absolute Gasteiger partial charge is 0.354 e. The summed E-state index contributed by atoms with van der Waals surface area (Å²) in [5, 5.41) is 5.98. The van der Waals surface area contributed by atoms with Gasteiger partial charge < -0.3 is 10.6 Å². The number of anilines is 2. The van der Waals surface area contributed by atoms with Crippen LogP contribution < -0.4 is 10.6 Å². The van der Waals surface area contributed by atoms with Crippen molar-refractivity contribution in [3.63, 3.8) is 0 Å². The van der Waals surface area contributed by atoms with Gasteiger partial charge in [-0.3, -0.25) is 9.78 Å². The summed E-state index contributed by atoms with van der Waals surface area (Å²) in [6, 6.07) is 14.2. The van der Waals surface area contributed by atoms with Crippen LogP contribution in [-0.2, 0) is 6.54 Å². The van der Waals surface area contributed by atoms with E-state index in [1.165, 1.54) is 12.3 Å². The number of aromatic nitrogens is 1. The molecule has 0 atom stereocenters. The molecule has 1 amide bonds. The average Bonchev–Trinajstić information content (AvgIpc) is 2.60. The topological polar surface area (TPSA) is 54.0 Å². The predicted octanol–water partition coefficient (Wildman–Crippen LogP) is 4.51. The molecule has 0 saturated carbocycles. The lowest BCUT2D eigenvalue weighted by Gasteiger charge is -2.10. The van der Waals surface area contributed by atoms with E-state index in [-0.39, 0.29) is 18.3 Å². The maximum atomic E-state index is 13.6. The quantitative estimate of drug-likeness (QED) is 0.712. The van der Waals surface area contributed by atoms with E-state index in [0.29, 0.717) is 16.8 Å². The molecular formula is C21H20FN3O. The number of halogens is 1. The molecule has 3 rings (SSSR count). The van der Waals surface area contributed by atoms with Crippen molar-refractivity contribution in [1.29, 1.82) is 0 Å². The molecule has 0 radical (unpaired) electrons. The van der Waals surface area contributed by atoms with Gasteiger partial charge in [-0.25, -0.2) is 4.39 Å². The molecule has 0 unspecified atom stereocenters. The Balaban J connectivity index is 1.70. The Labute approximate surface area is 152 Å². The van der Waals surface area contributed by atoms with E-state index in [1.807, 2.05) is 26.0 Å². The Morgan fingerprint density at radius 2 is 1.73 bits per heavy atom. The normalized spacial score (nSPS) is 10.4. The highest BCUT2D eigenvalue weighted by Crippen LogP contribution is 2.19. The summed E-state index contributed by atoms with van der Waals surface area (Å²) < 4.78 is 13.6. The molecule has 0 saturated heterocycles. The summed E-state index contributed by atoms with van der Waals surface area (Å²) in [6.45, 7) is 4.19. The van der Waals surface area contributed by atoms with Gasteiger partial charge in [0.2, 0.25) is 0 Å². The smallest absolute Gasteiger partial charge is 0.253 e. The summed E-state index contributed by atoms with van der Waals surface area (Å²) in [5.41, 5.74) is 4.81.